The highest BCUT2D eigenvalue weighted by Crippen LogP contribution is 2.47. The molecule has 2 rings (SSSR count). The Hall–Kier alpha value is -2.68. The standard InChI is InChI=1S/C9H10F6O2.C9H4F6O2/c2*10-8(11,12)5-1-4(7(16)17)2-6(3-5)9(13,14)15/h4-6H,1-3H2,(H,16,17);1-3H,(H,16,17). The van der Waals surface area contributed by atoms with Gasteiger partial charge >= 0.3 is 36.6 Å². The van der Waals surface area contributed by atoms with Gasteiger partial charge < -0.3 is 10.2 Å². The summed E-state index contributed by atoms with van der Waals surface area (Å²) in [5.41, 5.74) is -4.36. The Morgan fingerprint density at radius 3 is 1.24 bits per heavy atom. The van der Waals surface area contributed by atoms with Crippen LogP contribution >= 0.6 is 0 Å². The molecule has 1 aromatic rings. The van der Waals surface area contributed by atoms with E-state index in [-0.39, 0.29) is 18.2 Å². The van der Waals surface area contributed by atoms with Crippen LogP contribution in [0.25, 0.3) is 0 Å². The third-order valence-corrected chi connectivity index (χ3v) is 4.82. The van der Waals surface area contributed by atoms with Crippen molar-refractivity contribution in [3.63, 3.8) is 0 Å². The molecule has 16 heteroatoms. The molecule has 194 valence electrons. The summed E-state index contributed by atoms with van der Waals surface area (Å²) >= 11 is 0. The number of carboxylic acid groups (broad SMARTS) is 2. The number of carbonyl (C=O) groups is 2. The van der Waals surface area contributed by atoms with E-state index in [1.807, 2.05) is 0 Å². The number of hydrogen-bond acceptors (Lipinski definition) is 2. The Bertz CT molecular complexity index is 829. The first kappa shape index (κ1) is 29.4. The molecule has 0 aliphatic heterocycles. The molecule has 0 spiro atoms. The van der Waals surface area contributed by atoms with Crippen molar-refractivity contribution in [2.45, 2.75) is 44.0 Å². The Kier molecular flexibility index (Phi) is 8.54. The van der Waals surface area contributed by atoms with Gasteiger partial charge in [0.2, 0.25) is 0 Å². The van der Waals surface area contributed by atoms with E-state index in [1.165, 1.54) is 0 Å². The van der Waals surface area contributed by atoms with Gasteiger partial charge in [0.1, 0.15) is 0 Å². The predicted octanol–water partition coefficient (Wildman–Crippen LogP) is 6.65. The lowest BCUT2D eigenvalue weighted by molar-refractivity contribution is -0.229. The zero-order chi connectivity index (χ0) is 26.9. The number of halogens is 12. The molecule has 2 N–H and O–H groups in total. The van der Waals surface area contributed by atoms with E-state index in [4.69, 9.17) is 10.2 Å². The molecule has 0 heterocycles. The van der Waals surface area contributed by atoms with Crippen molar-refractivity contribution >= 4 is 11.9 Å². The van der Waals surface area contributed by atoms with Gasteiger partial charge in [-0.3, -0.25) is 4.79 Å². The molecular weight excluding hydrogens is 508 g/mol. The predicted molar refractivity (Wildman–Crippen MR) is 87.5 cm³/mol. The Labute approximate surface area is 182 Å². The number of benzene rings is 1. The molecule has 34 heavy (non-hydrogen) atoms. The molecule has 1 fully saturated rings. The van der Waals surface area contributed by atoms with Crippen molar-refractivity contribution in [1.29, 1.82) is 0 Å². The Morgan fingerprint density at radius 1 is 0.647 bits per heavy atom. The summed E-state index contributed by atoms with van der Waals surface area (Å²) in [7, 11) is 0. The second-order valence-corrected chi connectivity index (χ2v) is 7.32. The second kappa shape index (κ2) is 9.90. The lowest BCUT2D eigenvalue weighted by Gasteiger charge is -2.34. The smallest absolute Gasteiger partial charge is 0.416 e. The van der Waals surface area contributed by atoms with Gasteiger partial charge in [0.25, 0.3) is 0 Å². The first-order valence-corrected chi connectivity index (χ1v) is 8.92. The minimum atomic E-state index is -5.04. The zero-order valence-electron chi connectivity index (χ0n) is 16.3. The zero-order valence-corrected chi connectivity index (χ0v) is 16.3. The molecule has 1 aliphatic carbocycles. The maximum Gasteiger partial charge on any atom is 0.416 e. The lowest BCUT2D eigenvalue weighted by Crippen LogP contribution is -2.40. The van der Waals surface area contributed by atoms with E-state index in [2.05, 4.69) is 0 Å². The molecule has 1 saturated carbocycles. The molecule has 0 aromatic heterocycles. The number of aromatic carboxylic acids is 1. The summed E-state index contributed by atoms with van der Waals surface area (Å²) in [5.74, 6) is -9.43. The number of hydrogen-bond donors (Lipinski definition) is 2. The van der Waals surface area contributed by atoms with Gasteiger partial charge in [-0.05, 0) is 37.5 Å². The average Bonchev–Trinajstić information content (AvgIpc) is 2.65. The fraction of sp³-hybridized carbons (Fsp3) is 0.556. The lowest BCUT2D eigenvalue weighted by atomic mass is 9.74. The molecular formula is C18H14F12O4. The number of alkyl halides is 12. The van der Waals surface area contributed by atoms with Crippen LogP contribution in [0.2, 0.25) is 0 Å². The molecule has 0 radical (unpaired) electrons. The van der Waals surface area contributed by atoms with Crippen LogP contribution in [0.15, 0.2) is 18.2 Å². The molecule has 1 aromatic carbocycles. The normalized spacial score (nSPS) is 21.9. The molecule has 4 nitrogen and oxygen atoms in total. The van der Waals surface area contributed by atoms with E-state index in [1.54, 1.807) is 0 Å². The summed E-state index contributed by atoms with van der Waals surface area (Å²) in [6, 6.07) is 0.168. The summed E-state index contributed by atoms with van der Waals surface area (Å²) in [6.45, 7) is 0. The quantitative estimate of drug-likeness (QED) is 0.427. The topological polar surface area (TPSA) is 74.6 Å². The van der Waals surface area contributed by atoms with Crippen molar-refractivity contribution in [2.75, 3.05) is 0 Å². The minimum Gasteiger partial charge on any atom is -0.481 e. The van der Waals surface area contributed by atoms with Crippen molar-refractivity contribution in [1.82, 2.24) is 0 Å². The fourth-order valence-corrected chi connectivity index (χ4v) is 3.13. The van der Waals surface area contributed by atoms with Gasteiger partial charge in [-0.1, -0.05) is 0 Å². The van der Waals surface area contributed by atoms with Gasteiger partial charge in [0.15, 0.2) is 0 Å². The summed E-state index contributed by atoms with van der Waals surface area (Å²) < 4.78 is 148. The fourth-order valence-electron chi connectivity index (χ4n) is 3.13. The van der Waals surface area contributed by atoms with Crippen molar-refractivity contribution in [3.8, 4) is 0 Å². The largest absolute Gasteiger partial charge is 0.481 e. The van der Waals surface area contributed by atoms with Gasteiger partial charge in [-0.2, -0.15) is 52.7 Å². The molecule has 0 amide bonds. The van der Waals surface area contributed by atoms with Crippen LogP contribution in [0, 0.1) is 17.8 Å². The van der Waals surface area contributed by atoms with Crippen LogP contribution in [-0.2, 0) is 17.1 Å². The maximum absolute atomic E-state index is 12.4. The van der Waals surface area contributed by atoms with Crippen LogP contribution in [0.4, 0.5) is 52.7 Å². The highest BCUT2D eigenvalue weighted by molar-refractivity contribution is 5.88. The second-order valence-electron chi connectivity index (χ2n) is 7.32. The third kappa shape index (κ3) is 8.27. The van der Waals surface area contributed by atoms with Crippen LogP contribution in [0.1, 0.15) is 40.7 Å². The van der Waals surface area contributed by atoms with Gasteiger partial charge in [-0.25, -0.2) is 4.79 Å². The average molecular weight is 522 g/mol. The molecule has 2 unspecified atom stereocenters. The van der Waals surface area contributed by atoms with Crippen molar-refractivity contribution in [2.24, 2.45) is 17.8 Å². The highest BCUT2D eigenvalue weighted by atomic mass is 19.4. The summed E-state index contributed by atoms with van der Waals surface area (Å²) in [5, 5.41) is 17.0. The van der Waals surface area contributed by atoms with E-state index < -0.39 is 90.4 Å². The van der Waals surface area contributed by atoms with E-state index in [0.29, 0.717) is 0 Å². The van der Waals surface area contributed by atoms with Crippen LogP contribution < -0.4 is 0 Å². The number of rotatable bonds is 2. The van der Waals surface area contributed by atoms with Gasteiger partial charge in [0, 0.05) is 0 Å². The van der Waals surface area contributed by atoms with Gasteiger partial charge in [0.05, 0.1) is 34.4 Å². The molecule has 1 aliphatic rings. The Balaban J connectivity index is 0.000000340. The molecule has 0 bridgehead atoms. The number of aliphatic carboxylic acids is 1. The molecule has 2 atom stereocenters. The number of carboxylic acids is 2. The van der Waals surface area contributed by atoms with Crippen LogP contribution in [0.3, 0.4) is 0 Å². The third-order valence-electron chi connectivity index (χ3n) is 4.82. The van der Waals surface area contributed by atoms with Crippen LogP contribution in [0.5, 0.6) is 0 Å². The minimum absolute atomic E-state index is 0.133. The summed E-state index contributed by atoms with van der Waals surface area (Å²) in [4.78, 5) is 21.0. The first-order valence-electron chi connectivity index (χ1n) is 8.92. The van der Waals surface area contributed by atoms with E-state index in [0.717, 1.165) is 0 Å². The Morgan fingerprint density at radius 2 is 1.00 bits per heavy atom. The van der Waals surface area contributed by atoms with Crippen LogP contribution in [-0.4, -0.2) is 34.5 Å². The maximum atomic E-state index is 12.4. The van der Waals surface area contributed by atoms with Gasteiger partial charge in [-0.15, -0.1) is 0 Å². The monoisotopic (exact) mass is 522 g/mol. The molecule has 0 saturated heterocycles. The summed E-state index contributed by atoms with van der Waals surface area (Å²) in [6.07, 6.45) is -22.3. The van der Waals surface area contributed by atoms with E-state index >= 15 is 0 Å². The van der Waals surface area contributed by atoms with Crippen molar-refractivity contribution < 1.29 is 72.5 Å². The van der Waals surface area contributed by atoms with Crippen molar-refractivity contribution in [3.05, 3.63) is 34.9 Å². The van der Waals surface area contributed by atoms with E-state index in [9.17, 15) is 62.3 Å². The first-order chi connectivity index (χ1) is 15.0. The highest BCUT2D eigenvalue weighted by Gasteiger charge is 2.53. The SMILES string of the molecule is O=C(O)C1CC(C(F)(F)F)CC(C(F)(F)F)C1.O=C(O)c1cc(C(F)(F)F)cc(C(F)(F)F)c1.